The van der Waals surface area contributed by atoms with Gasteiger partial charge in [0.1, 0.15) is 95.5 Å². The highest BCUT2D eigenvalue weighted by molar-refractivity contribution is 6.02. The van der Waals surface area contributed by atoms with Gasteiger partial charge in [0.25, 0.3) is 0 Å². The monoisotopic (exact) mass is 1140 g/mol. The van der Waals surface area contributed by atoms with Gasteiger partial charge >= 0.3 is 23.9 Å². The molecular weight excluding hydrogens is 1090 g/mol. The van der Waals surface area contributed by atoms with Crippen LogP contribution in [0, 0.1) is 81.8 Å². The highest BCUT2D eigenvalue weighted by atomic mass is 16.7. The van der Waals surface area contributed by atoms with Crippen molar-refractivity contribution in [1.29, 1.82) is 0 Å². The number of carboxylic acids is 4. The number of hydrogen-bond acceptors (Lipinski definition) is 16. The molecule has 6 aliphatic heterocycles. The number of epoxide rings is 6. The van der Waals surface area contributed by atoms with E-state index in [0.29, 0.717) is 27.8 Å². The summed E-state index contributed by atoms with van der Waals surface area (Å²) in [5.41, 5.74) is -26.8. The molecule has 6 saturated heterocycles. The fraction of sp³-hybridized carbons (Fsp3) is 0.609. The number of aliphatic hydroxyl groups excluding tert-OH is 3. The van der Waals surface area contributed by atoms with Crippen molar-refractivity contribution in [3.05, 3.63) is 109 Å². The normalized spacial score (nSPS) is 65.0. The van der Waals surface area contributed by atoms with Gasteiger partial charge in [0, 0.05) is 58.1 Å². The lowest BCUT2D eigenvalue weighted by Gasteiger charge is -2.78. The minimum atomic E-state index is -2.46. The van der Waals surface area contributed by atoms with Crippen molar-refractivity contribution < 1.29 is 98.4 Å². The highest BCUT2D eigenvalue weighted by Crippen LogP contribution is 3.07. The van der Waals surface area contributed by atoms with E-state index in [1.807, 2.05) is 34.6 Å². The van der Waals surface area contributed by atoms with Crippen LogP contribution in [0.2, 0.25) is 0 Å². The largest absolute Gasteiger partial charge is 0.512 e. The van der Waals surface area contributed by atoms with E-state index in [1.54, 1.807) is 6.08 Å². The van der Waals surface area contributed by atoms with E-state index in [4.69, 9.17) is 28.4 Å². The zero-order valence-corrected chi connectivity index (χ0v) is 45.6. The van der Waals surface area contributed by atoms with Crippen molar-refractivity contribution in [3.8, 4) is 0 Å². The van der Waals surface area contributed by atoms with Crippen LogP contribution in [0.4, 0.5) is 0 Å². The number of benzene rings is 1. The first-order chi connectivity index (χ1) is 39.6. The first-order valence-corrected chi connectivity index (χ1v) is 30.0. The predicted octanol–water partition coefficient (Wildman–Crippen LogP) is 2.74. The van der Waals surface area contributed by atoms with Gasteiger partial charge in [0.05, 0.1) is 40.8 Å². The molecule has 1 aromatic rings. The van der Waals surface area contributed by atoms with Crippen molar-refractivity contribution in [3.63, 3.8) is 0 Å². The van der Waals surface area contributed by atoms with Crippen LogP contribution >= 0.6 is 0 Å². The van der Waals surface area contributed by atoms with Gasteiger partial charge < -0.3 is 74.4 Å². The van der Waals surface area contributed by atoms with Crippen LogP contribution in [-0.2, 0) is 59.6 Å². The van der Waals surface area contributed by atoms with Crippen molar-refractivity contribution in [2.24, 2.45) is 81.8 Å². The topological polar surface area (TPSA) is 343 Å². The lowest BCUT2D eigenvalue weighted by Crippen LogP contribution is -2.91. The third-order valence-electron chi connectivity index (χ3n) is 31.0. The Hall–Kier alpha value is -5.81. The minimum absolute atomic E-state index is 0.00891. The Morgan fingerprint density at radius 1 is 0.798 bits per heavy atom. The van der Waals surface area contributed by atoms with Gasteiger partial charge in [-0.15, -0.1) is 0 Å². The van der Waals surface area contributed by atoms with Crippen molar-refractivity contribution >= 4 is 35.2 Å². The molecule has 17 aliphatic carbocycles. The summed E-state index contributed by atoms with van der Waals surface area (Å²) >= 11 is 0. The van der Waals surface area contributed by atoms with Crippen LogP contribution < -0.4 is 0 Å². The number of ketones is 1. The molecule has 30 atom stereocenters. The number of aromatic carboxylic acids is 1. The van der Waals surface area contributed by atoms with Crippen LogP contribution in [0.5, 0.6) is 0 Å². The zero-order chi connectivity index (χ0) is 57.5. The summed E-state index contributed by atoms with van der Waals surface area (Å²) in [4.78, 5) is 73.7. The van der Waals surface area contributed by atoms with Gasteiger partial charge in [-0.05, 0) is 127 Å². The third-order valence-corrected chi connectivity index (χ3v) is 31.0. The SMILES string of the molecule is CC(=O)C1=C2C(C(=O)O)C3=CC(C(=O)O)=CC4C(O)C5[C@@]67O[C@]68C6=C9[C@]%10%11O[C@]%10%12C%10C%13c%14c(cc(C(=O)O)c%15c%14[C@@]%14%16O[C@@]%14(C8[C@@]8(O[C@]58C)C(C)C%16(C(=O)O)CC%15)[C@]9%13O)C5=C(O)C=CC([C@@]5%10O)[C@]5(C)O[C@]%125CC5C(C)=C(O)C1[C@@](C)(C6C2[C@]71O[C@]341)C5%11. The Bertz CT molecular complexity index is 4390. The van der Waals surface area contributed by atoms with Gasteiger partial charge in [-0.3, -0.25) is 14.4 Å². The molecule has 84 heavy (non-hydrogen) atoms. The van der Waals surface area contributed by atoms with Gasteiger partial charge in [-0.25, -0.2) is 9.59 Å². The zero-order valence-electron chi connectivity index (χ0n) is 45.6. The molecule has 6 heterocycles. The molecule has 20 heteroatoms. The quantitative estimate of drug-likeness (QED) is 0.151. The fourth-order valence-electron chi connectivity index (χ4n) is 30.1. The number of carbonyl (C=O) groups excluding carboxylic acids is 1. The van der Waals surface area contributed by atoms with Crippen molar-refractivity contribution in [2.75, 3.05) is 0 Å². The van der Waals surface area contributed by atoms with Gasteiger partial charge in [-0.1, -0.05) is 26.0 Å². The lowest BCUT2D eigenvalue weighted by atomic mass is 9.20. The molecule has 20 nitrogen and oxygen atoms in total. The van der Waals surface area contributed by atoms with Crippen LogP contribution in [0.3, 0.4) is 0 Å². The number of ether oxygens (including phenoxy) is 6. The molecule has 0 radical (unpaired) electrons. The molecule has 24 rings (SSSR count). The van der Waals surface area contributed by atoms with E-state index < -0.39 is 202 Å². The molecule has 15 unspecified atom stereocenters. The van der Waals surface area contributed by atoms with E-state index in [1.165, 1.54) is 31.2 Å². The number of carbonyl (C=O) groups is 5. The molecule has 428 valence electrons. The number of aliphatic hydroxyl groups is 5. The molecular formula is C64H52O20. The Balaban J connectivity index is 0.970. The maximum atomic E-state index is 16.4. The third kappa shape index (κ3) is 2.83. The van der Waals surface area contributed by atoms with Crippen LogP contribution in [-0.4, -0.2) is 155 Å². The molecule has 10 spiro atoms. The van der Waals surface area contributed by atoms with Gasteiger partial charge in [0.2, 0.25) is 0 Å². The fourth-order valence-corrected chi connectivity index (χ4v) is 30.1. The van der Waals surface area contributed by atoms with E-state index in [2.05, 4.69) is 0 Å². The van der Waals surface area contributed by atoms with E-state index in [0.717, 1.165) is 0 Å². The average molecular weight is 1140 g/mol. The molecule has 0 bridgehead atoms. The molecule has 23 aliphatic rings. The number of Topliss-reactive ketones (excluding diaryl/α,β-unsaturated/α-hetero) is 1. The highest BCUT2D eigenvalue weighted by Gasteiger charge is 3.21. The van der Waals surface area contributed by atoms with Crippen LogP contribution in [0.1, 0.15) is 92.9 Å². The first-order valence-electron chi connectivity index (χ1n) is 30.0. The molecule has 0 amide bonds. The molecule has 0 aromatic heterocycles. The number of allylic oxidation sites excluding steroid dienone is 3. The second-order valence-corrected chi connectivity index (χ2v) is 31.0. The number of aliphatic carboxylic acids is 3. The predicted molar refractivity (Wildman–Crippen MR) is 270 cm³/mol. The second-order valence-electron chi connectivity index (χ2n) is 31.0. The van der Waals surface area contributed by atoms with E-state index in [-0.39, 0.29) is 75.3 Å². The summed E-state index contributed by atoms with van der Waals surface area (Å²) < 4.78 is 47.6. The number of fused-ring (bicyclic) bond motifs is 3. The Morgan fingerprint density at radius 2 is 1.54 bits per heavy atom. The number of hydrogen-bond donors (Lipinski definition) is 9. The Kier molecular flexibility index (Phi) is 5.71. The maximum Gasteiger partial charge on any atom is 0.335 e. The van der Waals surface area contributed by atoms with E-state index >= 15 is 14.7 Å². The summed E-state index contributed by atoms with van der Waals surface area (Å²) in [6.07, 6.45) is 4.30. The van der Waals surface area contributed by atoms with Gasteiger partial charge in [-0.2, -0.15) is 0 Å². The summed E-state index contributed by atoms with van der Waals surface area (Å²) in [6.45, 7) is 10.8. The maximum absolute atomic E-state index is 16.4. The number of carboxylic acid groups (broad SMARTS) is 4. The first kappa shape index (κ1) is 45.5. The minimum Gasteiger partial charge on any atom is -0.512 e. The summed E-state index contributed by atoms with van der Waals surface area (Å²) in [6, 6.07) is 1.47. The molecule has 14 fully saturated rings. The molecule has 8 saturated carbocycles. The smallest absolute Gasteiger partial charge is 0.335 e. The molecule has 9 N–H and O–H groups in total. The van der Waals surface area contributed by atoms with Gasteiger partial charge in [0.15, 0.2) is 5.78 Å². The lowest BCUT2D eigenvalue weighted by molar-refractivity contribution is -0.232. The van der Waals surface area contributed by atoms with Crippen LogP contribution in [0.15, 0.2) is 80.9 Å². The van der Waals surface area contributed by atoms with Crippen LogP contribution in [0.25, 0.3) is 5.57 Å². The average Bonchev–Trinajstić information content (AvgIpc) is 1.33. The summed E-state index contributed by atoms with van der Waals surface area (Å²) in [7, 11) is 0. The summed E-state index contributed by atoms with van der Waals surface area (Å²) in [5.74, 6) is -21.5. The van der Waals surface area contributed by atoms with Crippen molar-refractivity contribution in [2.45, 2.75) is 151 Å². The standard InChI is InChI=1S/C64H52O20/c1-15-22-14-53-50(5,79-53)26-8-7-25(66)31-21-13-20(45(71)72)19-9-10-52(48(75)76)17(3)56-47-58-37-36-33-30(29(46(73)74)23-11-18(44(69)70)12-24-39(68)43(51(56,6)80-56)63(58,82-58)61(33)57(23,24)81-61)27(16(2)65)34(38(15)67)49(36,4)40(22)59-42(37)55(78)35(41(54(26,31)77)62(53,59)83-59)28(21)32(19)60(52)64(47,55)84-60/h7-8,11-13,17,22,24,26,29,33-36,39-41,43,47,66-68,77-78H,9-10,14H2,1-6H3,(H,69,70)(H,71,72)(H,73,74)(H,75,76)/t17?,22?,24?,26?,29?,33?,34?,35?,36?,39?,40?,41?,43?,47?,49-,50-,51+,52?,53-,54+,55+,56-,57+,58-,59-,60-,61+,62-,63+,64-/m0/s1. The molecule has 1 aromatic carbocycles. The Labute approximate surface area is 473 Å². The second kappa shape index (κ2) is 10.5. The van der Waals surface area contributed by atoms with Crippen molar-refractivity contribution in [1.82, 2.24) is 0 Å². The summed E-state index contributed by atoms with van der Waals surface area (Å²) in [5, 5.41) is 119. The number of rotatable bonds is 5. The Morgan fingerprint density at radius 3 is 2.24 bits per heavy atom. The van der Waals surface area contributed by atoms with E-state index in [9.17, 15) is 55.2 Å².